The lowest BCUT2D eigenvalue weighted by Crippen LogP contribution is -1.87. The fourth-order valence-electron chi connectivity index (χ4n) is 2.12. The molecule has 3 aromatic rings. The van der Waals surface area contributed by atoms with Crippen molar-refractivity contribution in [3.05, 3.63) is 52.5 Å². The highest BCUT2D eigenvalue weighted by Gasteiger charge is 2.17. The average Bonchev–Trinajstić information content (AvgIpc) is 2.84. The van der Waals surface area contributed by atoms with E-state index in [-0.39, 0.29) is 5.82 Å². The van der Waals surface area contributed by atoms with E-state index in [1.54, 1.807) is 35.9 Å². The normalized spacial score (nSPS) is 10.7. The molecule has 100 valence electrons. The zero-order valence-corrected chi connectivity index (χ0v) is 11.3. The minimum Gasteiger partial charge on any atom is -0.496 e. The van der Waals surface area contributed by atoms with Gasteiger partial charge in [0.2, 0.25) is 5.82 Å². The van der Waals surface area contributed by atoms with Crippen LogP contribution in [0.25, 0.3) is 16.9 Å². The Kier molecular flexibility index (Phi) is 3.12. The minimum absolute atomic E-state index is 0.223. The van der Waals surface area contributed by atoms with Gasteiger partial charge in [-0.25, -0.2) is 4.98 Å². The fraction of sp³-hybridized carbons (Fsp3) is 0.0714. The number of benzene rings is 1. The first-order valence-corrected chi connectivity index (χ1v) is 6.26. The van der Waals surface area contributed by atoms with E-state index in [2.05, 4.69) is 10.2 Å². The number of hydrogen-bond acceptors (Lipinski definition) is 4. The summed E-state index contributed by atoms with van der Waals surface area (Å²) < 4.78 is 6.90. The summed E-state index contributed by atoms with van der Waals surface area (Å²) in [5.74, 6) is 0.855. The van der Waals surface area contributed by atoms with E-state index < -0.39 is 0 Å². The lowest BCUT2D eigenvalue weighted by Gasteiger charge is -2.05. The number of imidazole rings is 1. The summed E-state index contributed by atoms with van der Waals surface area (Å²) in [5.41, 5.74) is 1.75. The summed E-state index contributed by atoms with van der Waals surface area (Å²) in [4.78, 5) is 15.6. The van der Waals surface area contributed by atoms with E-state index in [4.69, 9.17) is 16.3 Å². The first-order valence-electron chi connectivity index (χ1n) is 5.89. The molecule has 0 aliphatic rings. The third-order valence-corrected chi connectivity index (χ3v) is 3.25. The second-order valence-corrected chi connectivity index (χ2v) is 4.59. The van der Waals surface area contributed by atoms with Crippen LogP contribution >= 0.6 is 11.6 Å². The van der Waals surface area contributed by atoms with E-state index in [0.717, 1.165) is 0 Å². The van der Waals surface area contributed by atoms with Crippen molar-refractivity contribution >= 4 is 23.1 Å². The highest BCUT2D eigenvalue weighted by Crippen LogP contribution is 2.36. The van der Waals surface area contributed by atoms with Crippen molar-refractivity contribution in [3.63, 3.8) is 0 Å². The molecule has 0 atom stereocenters. The van der Waals surface area contributed by atoms with Gasteiger partial charge in [-0.2, -0.15) is 0 Å². The molecule has 2 heterocycles. The molecular formula is C14H10ClN3O2. The van der Waals surface area contributed by atoms with Crippen molar-refractivity contribution < 1.29 is 4.74 Å². The maximum absolute atomic E-state index is 11.2. The Morgan fingerprint density at radius 1 is 1.30 bits per heavy atom. The molecule has 0 unspecified atom stereocenters. The molecule has 6 heteroatoms. The number of halogens is 1. The average molecular weight is 288 g/mol. The molecule has 20 heavy (non-hydrogen) atoms. The smallest absolute Gasteiger partial charge is 0.209 e. The predicted octanol–water partition coefficient (Wildman–Crippen LogP) is 4.06. The van der Waals surface area contributed by atoms with Crippen molar-refractivity contribution in [2.24, 2.45) is 5.18 Å². The summed E-state index contributed by atoms with van der Waals surface area (Å²) >= 11 is 5.94. The van der Waals surface area contributed by atoms with Crippen LogP contribution in [0.5, 0.6) is 5.75 Å². The molecule has 2 aromatic heterocycles. The van der Waals surface area contributed by atoms with Crippen LogP contribution in [0.3, 0.4) is 0 Å². The highest BCUT2D eigenvalue weighted by molar-refractivity contribution is 6.30. The third-order valence-electron chi connectivity index (χ3n) is 3.01. The Morgan fingerprint density at radius 3 is 2.85 bits per heavy atom. The summed E-state index contributed by atoms with van der Waals surface area (Å²) in [7, 11) is 1.57. The van der Waals surface area contributed by atoms with Crippen molar-refractivity contribution in [2.45, 2.75) is 0 Å². The number of pyridine rings is 1. The molecule has 0 spiro atoms. The number of ether oxygens (including phenoxy) is 1. The number of rotatable bonds is 3. The molecule has 0 amide bonds. The molecule has 0 radical (unpaired) electrons. The van der Waals surface area contributed by atoms with Gasteiger partial charge in [0.05, 0.1) is 7.11 Å². The Balaban J connectivity index is 2.33. The van der Waals surface area contributed by atoms with E-state index in [1.165, 1.54) is 0 Å². The van der Waals surface area contributed by atoms with Gasteiger partial charge in [-0.3, -0.25) is 4.40 Å². The van der Waals surface area contributed by atoms with Gasteiger partial charge in [0.1, 0.15) is 17.1 Å². The molecular weight excluding hydrogens is 278 g/mol. The summed E-state index contributed by atoms with van der Waals surface area (Å²) in [6.07, 6.45) is 1.67. The molecule has 0 saturated heterocycles. The standard InChI is InChI=1S/C14H10ClN3O2/c1-20-11-5-3-2-4-10(11)13-14(17-19)18-7-6-9(15)8-12(18)16-13/h2-8H,1H3. The zero-order chi connectivity index (χ0) is 14.1. The number of methoxy groups -OCH3 is 1. The van der Waals surface area contributed by atoms with Gasteiger partial charge in [-0.1, -0.05) is 23.7 Å². The van der Waals surface area contributed by atoms with Gasteiger partial charge in [-0.05, 0) is 23.4 Å². The van der Waals surface area contributed by atoms with Crippen molar-refractivity contribution in [2.75, 3.05) is 7.11 Å². The molecule has 0 aliphatic heterocycles. The summed E-state index contributed by atoms with van der Waals surface area (Å²) in [5, 5.41) is 3.64. The van der Waals surface area contributed by atoms with Crippen LogP contribution < -0.4 is 4.74 Å². The van der Waals surface area contributed by atoms with Gasteiger partial charge in [0.15, 0.2) is 0 Å². The number of para-hydroxylation sites is 1. The number of nitroso groups, excluding NO2 is 1. The van der Waals surface area contributed by atoms with Crippen LogP contribution in [-0.2, 0) is 0 Å². The van der Waals surface area contributed by atoms with Crippen molar-refractivity contribution in [3.8, 4) is 17.0 Å². The van der Waals surface area contributed by atoms with Crippen LogP contribution in [0.1, 0.15) is 0 Å². The maximum Gasteiger partial charge on any atom is 0.209 e. The van der Waals surface area contributed by atoms with Gasteiger partial charge in [0.25, 0.3) is 0 Å². The molecule has 0 N–H and O–H groups in total. The lowest BCUT2D eigenvalue weighted by atomic mass is 10.1. The highest BCUT2D eigenvalue weighted by atomic mass is 35.5. The molecule has 0 bridgehead atoms. The zero-order valence-electron chi connectivity index (χ0n) is 10.6. The van der Waals surface area contributed by atoms with Crippen LogP contribution in [0.2, 0.25) is 5.02 Å². The first-order chi connectivity index (χ1) is 9.74. The fourth-order valence-corrected chi connectivity index (χ4v) is 2.27. The maximum atomic E-state index is 11.2. The van der Waals surface area contributed by atoms with Gasteiger partial charge < -0.3 is 4.74 Å². The van der Waals surface area contributed by atoms with Crippen LogP contribution in [0.4, 0.5) is 5.82 Å². The van der Waals surface area contributed by atoms with Gasteiger partial charge in [-0.15, -0.1) is 4.91 Å². The number of aromatic nitrogens is 2. The van der Waals surface area contributed by atoms with Crippen molar-refractivity contribution in [1.29, 1.82) is 0 Å². The van der Waals surface area contributed by atoms with E-state index in [0.29, 0.717) is 27.7 Å². The van der Waals surface area contributed by atoms with Crippen LogP contribution in [0.15, 0.2) is 47.8 Å². The number of nitrogens with zero attached hydrogens (tertiary/aromatic N) is 3. The largest absolute Gasteiger partial charge is 0.496 e. The lowest BCUT2D eigenvalue weighted by molar-refractivity contribution is 0.416. The minimum atomic E-state index is 0.223. The second-order valence-electron chi connectivity index (χ2n) is 4.15. The molecule has 5 nitrogen and oxygen atoms in total. The Morgan fingerprint density at radius 2 is 2.10 bits per heavy atom. The first kappa shape index (κ1) is 12.6. The second kappa shape index (κ2) is 4.94. The van der Waals surface area contributed by atoms with Gasteiger partial charge >= 0.3 is 0 Å². The Bertz CT molecular complexity index is 798. The summed E-state index contributed by atoms with van der Waals surface area (Å²) in [6, 6.07) is 10.7. The van der Waals surface area contributed by atoms with Crippen LogP contribution in [0, 0.1) is 4.91 Å². The molecule has 0 aliphatic carbocycles. The number of hydrogen-bond donors (Lipinski definition) is 0. The third kappa shape index (κ3) is 1.92. The van der Waals surface area contributed by atoms with E-state index >= 15 is 0 Å². The quantitative estimate of drug-likeness (QED) is 0.683. The monoisotopic (exact) mass is 287 g/mol. The Labute approximate surface area is 119 Å². The Hall–Kier alpha value is -2.40. The SMILES string of the molecule is COc1ccccc1-c1nc2cc(Cl)ccn2c1N=O. The number of fused-ring (bicyclic) bond motifs is 1. The van der Waals surface area contributed by atoms with Gasteiger partial charge in [0, 0.05) is 22.8 Å². The molecule has 1 aromatic carbocycles. The van der Waals surface area contributed by atoms with E-state index in [9.17, 15) is 4.91 Å². The van der Waals surface area contributed by atoms with E-state index in [1.807, 2.05) is 18.2 Å². The topological polar surface area (TPSA) is 56.0 Å². The predicted molar refractivity (Wildman–Crippen MR) is 77.6 cm³/mol. The van der Waals surface area contributed by atoms with Crippen LogP contribution in [-0.4, -0.2) is 16.5 Å². The summed E-state index contributed by atoms with van der Waals surface area (Å²) in [6.45, 7) is 0. The molecule has 0 saturated carbocycles. The van der Waals surface area contributed by atoms with Crippen molar-refractivity contribution in [1.82, 2.24) is 9.38 Å². The molecule has 3 rings (SSSR count). The molecule has 0 fully saturated rings.